The normalized spacial score (nSPS) is 14.5. The lowest BCUT2D eigenvalue weighted by atomic mass is 9.93. The molecule has 0 aliphatic rings. The number of nitrogens with one attached hydrogen (secondary N) is 1. The summed E-state index contributed by atoms with van der Waals surface area (Å²) in [6.07, 6.45) is 1.91. The van der Waals surface area contributed by atoms with Crippen LogP contribution >= 0.6 is 11.6 Å². The molecule has 0 saturated carbocycles. The number of rotatable bonds is 7. The second-order valence-electron chi connectivity index (χ2n) is 4.91. The first-order valence-corrected chi connectivity index (χ1v) is 6.69. The topological polar surface area (TPSA) is 32.3 Å². The molecule has 0 heterocycles. The molecule has 1 aromatic rings. The van der Waals surface area contributed by atoms with E-state index in [0.717, 1.165) is 19.5 Å². The SMILES string of the molecule is CCCNCCC(C)(O)Cc1cc(Cl)ccc1F. The van der Waals surface area contributed by atoms with Crippen molar-refractivity contribution < 1.29 is 9.50 Å². The fourth-order valence-electron chi connectivity index (χ4n) is 1.84. The average molecular weight is 274 g/mol. The summed E-state index contributed by atoms with van der Waals surface area (Å²) < 4.78 is 13.6. The Hall–Kier alpha value is -0.640. The standard InChI is InChI=1S/C14H21ClFNO/c1-3-7-17-8-6-14(2,18)10-11-9-12(15)4-5-13(11)16/h4-5,9,17-18H,3,6-8,10H2,1-2H3. The Morgan fingerprint density at radius 2 is 2.11 bits per heavy atom. The Balaban J connectivity index is 2.55. The predicted octanol–water partition coefficient (Wildman–Crippen LogP) is 3.16. The lowest BCUT2D eigenvalue weighted by Gasteiger charge is -2.24. The number of hydrogen-bond acceptors (Lipinski definition) is 2. The van der Waals surface area contributed by atoms with Gasteiger partial charge in [-0.25, -0.2) is 4.39 Å². The molecule has 1 rings (SSSR count). The van der Waals surface area contributed by atoms with Crippen LogP contribution in [-0.4, -0.2) is 23.8 Å². The average Bonchev–Trinajstić information content (AvgIpc) is 2.29. The molecule has 4 heteroatoms. The zero-order chi connectivity index (χ0) is 13.6. The molecule has 2 N–H and O–H groups in total. The van der Waals surface area contributed by atoms with Crippen molar-refractivity contribution in [3.05, 3.63) is 34.6 Å². The van der Waals surface area contributed by atoms with E-state index in [1.54, 1.807) is 13.0 Å². The molecule has 0 fully saturated rings. The summed E-state index contributed by atoms with van der Waals surface area (Å²) in [4.78, 5) is 0. The molecule has 1 atom stereocenters. The highest BCUT2D eigenvalue weighted by atomic mass is 35.5. The van der Waals surface area contributed by atoms with Gasteiger partial charge in [0.1, 0.15) is 5.82 Å². The smallest absolute Gasteiger partial charge is 0.126 e. The highest BCUT2D eigenvalue weighted by molar-refractivity contribution is 6.30. The third kappa shape index (κ3) is 5.34. The Morgan fingerprint density at radius 3 is 2.78 bits per heavy atom. The Labute approximate surface area is 113 Å². The molecule has 0 aliphatic heterocycles. The molecule has 0 aromatic heterocycles. The van der Waals surface area contributed by atoms with E-state index in [0.29, 0.717) is 17.0 Å². The molecular formula is C14H21ClFNO. The van der Waals surface area contributed by atoms with Crippen molar-refractivity contribution in [2.45, 2.75) is 38.7 Å². The molecule has 102 valence electrons. The van der Waals surface area contributed by atoms with Gasteiger partial charge in [0, 0.05) is 11.4 Å². The van der Waals surface area contributed by atoms with Crippen LogP contribution in [0, 0.1) is 5.82 Å². The van der Waals surface area contributed by atoms with Crippen molar-refractivity contribution in [3.63, 3.8) is 0 Å². The Morgan fingerprint density at radius 1 is 1.39 bits per heavy atom. The first kappa shape index (κ1) is 15.4. The van der Waals surface area contributed by atoms with E-state index >= 15 is 0 Å². The minimum atomic E-state index is -0.924. The van der Waals surface area contributed by atoms with Crippen LogP contribution in [0.3, 0.4) is 0 Å². The maximum absolute atomic E-state index is 13.6. The van der Waals surface area contributed by atoms with E-state index in [1.165, 1.54) is 12.1 Å². The summed E-state index contributed by atoms with van der Waals surface area (Å²) in [7, 11) is 0. The largest absolute Gasteiger partial charge is 0.390 e. The van der Waals surface area contributed by atoms with Gasteiger partial charge in [0.15, 0.2) is 0 Å². The minimum absolute atomic E-state index is 0.271. The van der Waals surface area contributed by atoms with Crippen LogP contribution < -0.4 is 5.32 Å². The van der Waals surface area contributed by atoms with Crippen LogP contribution in [-0.2, 0) is 6.42 Å². The number of benzene rings is 1. The van der Waals surface area contributed by atoms with Gasteiger partial charge >= 0.3 is 0 Å². The molecule has 0 saturated heterocycles. The summed E-state index contributed by atoms with van der Waals surface area (Å²) >= 11 is 5.83. The van der Waals surface area contributed by atoms with E-state index < -0.39 is 5.60 Å². The van der Waals surface area contributed by atoms with Gasteiger partial charge < -0.3 is 10.4 Å². The van der Waals surface area contributed by atoms with Crippen molar-refractivity contribution in [2.75, 3.05) is 13.1 Å². The van der Waals surface area contributed by atoms with Gasteiger partial charge in [-0.15, -0.1) is 0 Å². The predicted molar refractivity (Wildman–Crippen MR) is 73.5 cm³/mol. The van der Waals surface area contributed by atoms with Gasteiger partial charge in [-0.3, -0.25) is 0 Å². The van der Waals surface area contributed by atoms with Crippen LogP contribution in [0.15, 0.2) is 18.2 Å². The number of hydrogen-bond donors (Lipinski definition) is 2. The number of halogens is 2. The molecule has 1 unspecified atom stereocenters. The zero-order valence-electron chi connectivity index (χ0n) is 11.0. The summed E-state index contributed by atoms with van der Waals surface area (Å²) in [5, 5.41) is 13.9. The van der Waals surface area contributed by atoms with E-state index in [4.69, 9.17) is 11.6 Å². The molecule has 0 aliphatic carbocycles. The van der Waals surface area contributed by atoms with Gasteiger partial charge in [-0.05, 0) is 56.6 Å². The number of aliphatic hydroxyl groups is 1. The summed E-state index contributed by atoms with van der Waals surface area (Å²) in [5.41, 5.74) is -0.463. The van der Waals surface area contributed by atoms with Crippen LogP contribution in [0.4, 0.5) is 4.39 Å². The zero-order valence-corrected chi connectivity index (χ0v) is 11.7. The molecule has 0 bridgehead atoms. The van der Waals surface area contributed by atoms with Gasteiger partial charge in [0.05, 0.1) is 5.60 Å². The summed E-state index contributed by atoms with van der Waals surface area (Å²) in [6, 6.07) is 4.42. The summed E-state index contributed by atoms with van der Waals surface area (Å²) in [5.74, 6) is -0.318. The van der Waals surface area contributed by atoms with Gasteiger partial charge in [-0.1, -0.05) is 18.5 Å². The van der Waals surface area contributed by atoms with E-state index in [9.17, 15) is 9.50 Å². The Bertz CT molecular complexity index is 382. The molecule has 18 heavy (non-hydrogen) atoms. The molecule has 1 aromatic carbocycles. The molecule has 2 nitrogen and oxygen atoms in total. The summed E-state index contributed by atoms with van der Waals surface area (Å²) in [6.45, 7) is 5.47. The highest BCUT2D eigenvalue weighted by Crippen LogP contribution is 2.21. The first-order valence-electron chi connectivity index (χ1n) is 6.31. The van der Waals surface area contributed by atoms with Crippen LogP contribution in [0.5, 0.6) is 0 Å². The third-order valence-electron chi connectivity index (χ3n) is 2.85. The highest BCUT2D eigenvalue weighted by Gasteiger charge is 2.22. The van der Waals surface area contributed by atoms with Crippen molar-refractivity contribution >= 4 is 11.6 Å². The van der Waals surface area contributed by atoms with E-state index in [-0.39, 0.29) is 12.2 Å². The third-order valence-corrected chi connectivity index (χ3v) is 3.08. The quantitative estimate of drug-likeness (QED) is 0.748. The van der Waals surface area contributed by atoms with Crippen LogP contribution in [0.25, 0.3) is 0 Å². The Kier molecular flexibility index (Phi) is 6.06. The van der Waals surface area contributed by atoms with Gasteiger partial charge in [0.2, 0.25) is 0 Å². The van der Waals surface area contributed by atoms with E-state index in [1.807, 2.05) is 0 Å². The monoisotopic (exact) mass is 273 g/mol. The van der Waals surface area contributed by atoms with Crippen molar-refractivity contribution in [2.24, 2.45) is 0 Å². The second-order valence-corrected chi connectivity index (χ2v) is 5.35. The van der Waals surface area contributed by atoms with Gasteiger partial charge in [0.25, 0.3) is 0 Å². The van der Waals surface area contributed by atoms with E-state index in [2.05, 4.69) is 12.2 Å². The van der Waals surface area contributed by atoms with Gasteiger partial charge in [-0.2, -0.15) is 0 Å². The lowest BCUT2D eigenvalue weighted by Crippen LogP contribution is -2.32. The fourth-order valence-corrected chi connectivity index (χ4v) is 2.03. The molecule has 0 radical (unpaired) electrons. The molecule has 0 amide bonds. The van der Waals surface area contributed by atoms with Crippen LogP contribution in [0.1, 0.15) is 32.3 Å². The lowest BCUT2D eigenvalue weighted by molar-refractivity contribution is 0.0507. The maximum atomic E-state index is 13.6. The fraction of sp³-hybridized carbons (Fsp3) is 0.571. The minimum Gasteiger partial charge on any atom is -0.390 e. The van der Waals surface area contributed by atoms with Crippen molar-refractivity contribution in [1.82, 2.24) is 5.32 Å². The van der Waals surface area contributed by atoms with Crippen LogP contribution in [0.2, 0.25) is 5.02 Å². The first-order chi connectivity index (χ1) is 8.44. The molecule has 0 spiro atoms. The van der Waals surface area contributed by atoms with Crippen molar-refractivity contribution in [3.8, 4) is 0 Å². The van der Waals surface area contributed by atoms with Crippen molar-refractivity contribution in [1.29, 1.82) is 0 Å². The molecular weight excluding hydrogens is 253 g/mol. The maximum Gasteiger partial charge on any atom is 0.126 e. The second kappa shape index (κ2) is 7.07.